The van der Waals surface area contributed by atoms with E-state index in [0.29, 0.717) is 17.9 Å². The van der Waals surface area contributed by atoms with Crippen molar-refractivity contribution in [3.05, 3.63) is 48.0 Å². The summed E-state index contributed by atoms with van der Waals surface area (Å²) < 4.78 is 0. The van der Waals surface area contributed by atoms with Crippen LogP contribution in [0.2, 0.25) is 0 Å². The van der Waals surface area contributed by atoms with Crippen LogP contribution in [-0.4, -0.2) is 12.6 Å². The van der Waals surface area contributed by atoms with E-state index in [0.717, 1.165) is 19.4 Å². The van der Waals surface area contributed by atoms with Crippen molar-refractivity contribution in [2.24, 2.45) is 5.92 Å². The van der Waals surface area contributed by atoms with E-state index in [-0.39, 0.29) is 0 Å². The Morgan fingerprint density at radius 1 is 1.14 bits per heavy atom. The summed E-state index contributed by atoms with van der Waals surface area (Å²) >= 11 is 0. The van der Waals surface area contributed by atoms with Crippen LogP contribution in [0.3, 0.4) is 0 Å². The van der Waals surface area contributed by atoms with Gasteiger partial charge in [-0.3, -0.25) is 0 Å². The lowest BCUT2D eigenvalue weighted by Crippen LogP contribution is -2.38. The molecule has 0 bridgehead atoms. The van der Waals surface area contributed by atoms with Gasteiger partial charge in [-0.15, -0.1) is 0 Å². The summed E-state index contributed by atoms with van der Waals surface area (Å²) in [5.41, 5.74) is 2.82. The zero-order valence-corrected chi connectivity index (χ0v) is 14.4. The largest absolute Gasteiger partial charge is 0.313 e. The van der Waals surface area contributed by atoms with E-state index in [1.165, 1.54) is 24.0 Å². The monoisotopic (exact) mass is 287 g/mol. The quantitative estimate of drug-likeness (QED) is 0.557. The van der Waals surface area contributed by atoms with Gasteiger partial charge in [-0.2, -0.15) is 0 Å². The summed E-state index contributed by atoms with van der Waals surface area (Å²) in [5, 5.41) is 3.79. The third-order valence-corrected chi connectivity index (χ3v) is 4.54. The fraction of sp³-hybridized carbons (Fsp3) is 0.600. The highest BCUT2D eigenvalue weighted by Gasteiger charge is 2.27. The average Bonchev–Trinajstić information content (AvgIpc) is 2.53. The Morgan fingerprint density at radius 2 is 1.81 bits per heavy atom. The van der Waals surface area contributed by atoms with Gasteiger partial charge in [-0.05, 0) is 37.3 Å². The van der Waals surface area contributed by atoms with Gasteiger partial charge in [0.05, 0.1) is 0 Å². The second-order valence-corrected chi connectivity index (χ2v) is 6.19. The number of hydrogen-bond donors (Lipinski definition) is 1. The minimum Gasteiger partial charge on any atom is -0.313 e. The minimum atomic E-state index is 0.495. The molecule has 0 fully saturated rings. The maximum Gasteiger partial charge on any atom is 0.0175 e. The van der Waals surface area contributed by atoms with Gasteiger partial charge in [0, 0.05) is 12.0 Å². The van der Waals surface area contributed by atoms with Crippen molar-refractivity contribution >= 4 is 0 Å². The van der Waals surface area contributed by atoms with Crippen LogP contribution in [0.5, 0.6) is 0 Å². The molecule has 0 radical (unpaired) electrons. The Labute approximate surface area is 131 Å². The van der Waals surface area contributed by atoms with E-state index in [1.54, 1.807) is 0 Å². The minimum absolute atomic E-state index is 0.495. The first kappa shape index (κ1) is 18.0. The van der Waals surface area contributed by atoms with Crippen LogP contribution >= 0.6 is 0 Å². The SMILES string of the molecule is C=C(CC)CC(NCCC)C(c1ccccc1)C(C)CC. The molecule has 0 spiro atoms. The molecule has 1 N–H and O–H groups in total. The van der Waals surface area contributed by atoms with E-state index in [9.17, 15) is 0 Å². The Hall–Kier alpha value is -1.08. The molecule has 0 aliphatic rings. The Kier molecular flexibility index (Phi) is 8.37. The van der Waals surface area contributed by atoms with Gasteiger partial charge in [-0.1, -0.05) is 76.6 Å². The predicted molar refractivity (Wildman–Crippen MR) is 94.8 cm³/mol. The van der Waals surface area contributed by atoms with Crippen molar-refractivity contribution < 1.29 is 0 Å². The summed E-state index contributed by atoms with van der Waals surface area (Å²) in [6.45, 7) is 14.5. The summed E-state index contributed by atoms with van der Waals surface area (Å²) in [5.74, 6) is 1.23. The molecule has 1 rings (SSSR count). The molecule has 1 aromatic carbocycles. The zero-order valence-electron chi connectivity index (χ0n) is 14.4. The first-order valence-electron chi connectivity index (χ1n) is 8.58. The smallest absolute Gasteiger partial charge is 0.0175 e. The summed E-state index contributed by atoms with van der Waals surface area (Å²) in [7, 11) is 0. The van der Waals surface area contributed by atoms with Gasteiger partial charge in [0.15, 0.2) is 0 Å². The van der Waals surface area contributed by atoms with Crippen molar-refractivity contribution in [2.45, 2.75) is 65.3 Å². The number of rotatable bonds is 10. The normalized spacial score (nSPS) is 15.4. The van der Waals surface area contributed by atoms with Gasteiger partial charge in [0.2, 0.25) is 0 Å². The maximum atomic E-state index is 4.24. The van der Waals surface area contributed by atoms with Crippen molar-refractivity contribution in [3.8, 4) is 0 Å². The van der Waals surface area contributed by atoms with Gasteiger partial charge in [0.25, 0.3) is 0 Å². The van der Waals surface area contributed by atoms with Gasteiger partial charge >= 0.3 is 0 Å². The second kappa shape index (κ2) is 9.78. The Balaban J connectivity index is 3.01. The van der Waals surface area contributed by atoms with Crippen molar-refractivity contribution in [1.29, 1.82) is 0 Å². The first-order chi connectivity index (χ1) is 10.1. The summed E-state index contributed by atoms with van der Waals surface area (Å²) in [6, 6.07) is 11.5. The van der Waals surface area contributed by atoms with E-state index >= 15 is 0 Å². The lowest BCUT2D eigenvalue weighted by molar-refractivity contribution is 0.331. The third-order valence-electron chi connectivity index (χ3n) is 4.54. The molecule has 0 saturated carbocycles. The molecule has 0 saturated heterocycles. The molecule has 0 aromatic heterocycles. The molecule has 0 heterocycles. The van der Waals surface area contributed by atoms with Crippen LogP contribution in [0.4, 0.5) is 0 Å². The van der Waals surface area contributed by atoms with Crippen molar-refractivity contribution in [2.75, 3.05) is 6.54 Å². The van der Waals surface area contributed by atoms with Crippen LogP contribution in [0.15, 0.2) is 42.5 Å². The summed E-state index contributed by atoms with van der Waals surface area (Å²) in [6.07, 6.45) is 4.55. The van der Waals surface area contributed by atoms with E-state index in [1.807, 2.05) is 0 Å². The van der Waals surface area contributed by atoms with Crippen LogP contribution < -0.4 is 5.32 Å². The standard InChI is InChI=1S/C20H33N/c1-6-14-21-19(15-16(4)7-2)20(17(5)8-3)18-12-10-9-11-13-18/h9-13,17,19-21H,4,6-8,14-15H2,1-3,5H3. The molecular formula is C20H33N. The molecule has 3 unspecified atom stereocenters. The Morgan fingerprint density at radius 3 is 2.33 bits per heavy atom. The van der Waals surface area contributed by atoms with E-state index < -0.39 is 0 Å². The maximum absolute atomic E-state index is 4.24. The molecule has 0 amide bonds. The molecule has 1 nitrogen and oxygen atoms in total. The number of benzene rings is 1. The number of nitrogens with one attached hydrogen (secondary N) is 1. The highest BCUT2D eigenvalue weighted by atomic mass is 14.9. The molecule has 0 aliphatic carbocycles. The molecule has 1 aromatic rings. The fourth-order valence-corrected chi connectivity index (χ4v) is 3.00. The summed E-state index contributed by atoms with van der Waals surface area (Å²) in [4.78, 5) is 0. The average molecular weight is 287 g/mol. The molecule has 21 heavy (non-hydrogen) atoms. The zero-order chi connectivity index (χ0) is 15.7. The van der Waals surface area contributed by atoms with Crippen LogP contribution in [0, 0.1) is 5.92 Å². The highest BCUT2D eigenvalue weighted by Crippen LogP contribution is 2.33. The van der Waals surface area contributed by atoms with Gasteiger partial charge in [0.1, 0.15) is 0 Å². The predicted octanol–water partition coefficient (Wildman–Crippen LogP) is 5.54. The van der Waals surface area contributed by atoms with Crippen LogP contribution in [0.1, 0.15) is 64.9 Å². The van der Waals surface area contributed by atoms with E-state index in [4.69, 9.17) is 0 Å². The first-order valence-corrected chi connectivity index (χ1v) is 8.58. The molecule has 0 aliphatic heterocycles. The Bertz CT molecular complexity index is 396. The van der Waals surface area contributed by atoms with Crippen molar-refractivity contribution in [1.82, 2.24) is 5.32 Å². The second-order valence-electron chi connectivity index (χ2n) is 6.19. The highest BCUT2D eigenvalue weighted by molar-refractivity contribution is 5.23. The molecule has 1 heteroatoms. The van der Waals surface area contributed by atoms with Gasteiger partial charge in [-0.25, -0.2) is 0 Å². The molecule has 3 atom stereocenters. The third kappa shape index (κ3) is 5.67. The molecule has 118 valence electrons. The molecular weight excluding hydrogens is 254 g/mol. The fourth-order valence-electron chi connectivity index (χ4n) is 3.00. The van der Waals surface area contributed by atoms with Crippen molar-refractivity contribution in [3.63, 3.8) is 0 Å². The lowest BCUT2D eigenvalue weighted by atomic mass is 9.78. The number of hydrogen-bond acceptors (Lipinski definition) is 1. The van der Waals surface area contributed by atoms with Gasteiger partial charge < -0.3 is 5.32 Å². The van der Waals surface area contributed by atoms with Crippen LogP contribution in [0.25, 0.3) is 0 Å². The van der Waals surface area contributed by atoms with Crippen LogP contribution in [-0.2, 0) is 0 Å². The lowest BCUT2D eigenvalue weighted by Gasteiger charge is -2.33. The van der Waals surface area contributed by atoms with E-state index in [2.05, 4.69) is 69.9 Å². The topological polar surface area (TPSA) is 12.0 Å².